The average molecular weight is 1110 g/mol. The lowest BCUT2D eigenvalue weighted by atomic mass is 9.82. The Hall–Kier alpha value is -8.69. The van der Waals surface area contributed by atoms with Crippen LogP contribution in [0.4, 0.5) is 0 Å². The molecular formula is C58H64O22. The Morgan fingerprint density at radius 3 is 1.07 bits per heavy atom. The Balaban J connectivity index is 0.964. The Labute approximate surface area is 461 Å². The van der Waals surface area contributed by atoms with Gasteiger partial charge in [-0.3, -0.25) is 38.4 Å². The molecule has 3 aromatic rings. The zero-order valence-electron chi connectivity index (χ0n) is 44.4. The smallest absolute Gasteiger partial charge is 0.341 e. The molecule has 0 unspecified atom stereocenters. The molecule has 2 fully saturated rings. The van der Waals surface area contributed by atoms with Crippen LogP contribution in [0.15, 0.2) is 92.0 Å². The Morgan fingerprint density at radius 1 is 0.412 bits per heavy atom. The SMILES string of the molecule is C=CC(=O)OCCOC(=O)CCC(=O)OCCc1ccc(OC(=O)C2CCC(C(=O)Oc3ccc(OC(=O)C4CCC(C(=O)Oc5ccc(CCOC(=O)CCC(=O)OCCOC(=O)C=C)cc5)CC4)c(C(=O)OC)c3)CC2)cc1. The van der Waals surface area contributed by atoms with Crippen LogP contribution < -0.4 is 18.9 Å². The molecule has 22 nitrogen and oxygen atoms in total. The van der Waals surface area contributed by atoms with E-state index in [9.17, 15) is 52.7 Å². The van der Waals surface area contributed by atoms with E-state index in [1.165, 1.54) is 18.2 Å². The second-order valence-corrected chi connectivity index (χ2v) is 18.3. The molecule has 428 valence electrons. The van der Waals surface area contributed by atoms with E-state index in [0.29, 0.717) is 75.7 Å². The lowest BCUT2D eigenvalue weighted by Gasteiger charge is -2.26. The summed E-state index contributed by atoms with van der Waals surface area (Å²) in [7, 11) is 1.15. The van der Waals surface area contributed by atoms with Gasteiger partial charge in [-0.15, -0.1) is 0 Å². The molecule has 0 bridgehead atoms. The third kappa shape index (κ3) is 21.6. The summed E-state index contributed by atoms with van der Waals surface area (Å²) in [6.07, 6.45) is 4.68. The van der Waals surface area contributed by atoms with E-state index in [4.69, 9.17) is 52.1 Å². The molecule has 0 N–H and O–H groups in total. The minimum absolute atomic E-state index is 0.0201. The van der Waals surface area contributed by atoms with E-state index in [1.54, 1.807) is 48.5 Å². The fraction of sp³-hybridized carbons (Fsp3) is 0.431. The summed E-state index contributed by atoms with van der Waals surface area (Å²) in [5, 5.41) is 0. The Morgan fingerprint density at radius 2 is 0.725 bits per heavy atom. The number of methoxy groups -OCH3 is 1. The van der Waals surface area contributed by atoms with Crippen LogP contribution in [0.2, 0.25) is 0 Å². The largest absolute Gasteiger partial charge is 0.465 e. The summed E-state index contributed by atoms with van der Waals surface area (Å²) in [6, 6.07) is 17.3. The topological polar surface area (TPSA) is 289 Å². The second kappa shape index (κ2) is 32.9. The predicted molar refractivity (Wildman–Crippen MR) is 276 cm³/mol. The minimum Gasteiger partial charge on any atom is -0.465 e. The maximum Gasteiger partial charge on any atom is 0.341 e. The molecular weight excluding hydrogens is 1050 g/mol. The van der Waals surface area contributed by atoms with Gasteiger partial charge >= 0.3 is 65.7 Å². The van der Waals surface area contributed by atoms with Gasteiger partial charge in [0.2, 0.25) is 0 Å². The van der Waals surface area contributed by atoms with E-state index >= 15 is 0 Å². The monoisotopic (exact) mass is 1110 g/mol. The van der Waals surface area contributed by atoms with Gasteiger partial charge in [-0.05, 0) is 105 Å². The molecule has 0 heterocycles. The maximum atomic E-state index is 13.4. The first kappa shape index (κ1) is 62.2. The minimum atomic E-state index is -0.836. The van der Waals surface area contributed by atoms with Crippen LogP contribution in [0.1, 0.15) is 98.5 Å². The Kier molecular flexibility index (Phi) is 25.6. The van der Waals surface area contributed by atoms with Crippen molar-refractivity contribution in [1.82, 2.24) is 0 Å². The number of carbonyl (C=O) groups excluding carboxylic acids is 11. The van der Waals surface area contributed by atoms with Gasteiger partial charge in [0, 0.05) is 25.0 Å². The van der Waals surface area contributed by atoms with Crippen molar-refractivity contribution in [2.24, 2.45) is 23.7 Å². The molecule has 2 aliphatic carbocycles. The van der Waals surface area contributed by atoms with E-state index in [0.717, 1.165) is 30.4 Å². The fourth-order valence-electron chi connectivity index (χ4n) is 8.27. The first-order valence-corrected chi connectivity index (χ1v) is 26.0. The number of ether oxygens (including phenoxy) is 11. The third-order valence-corrected chi connectivity index (χ3v) is 12.7. The quantitative estimate of drug-likeness (QED) is 0.0239. The summed E-state index contributed by atoms with van der Waals surface area (Å²) in [5.41, 5.74) is 1.46. The molecule has 22 heteroatoms. The highest BCUT2D eigenvalue weighted by atomic mass is 16.6. The first-order chi connectivity index (χ1) is 38.5. The lowest BCUT2D eigenvalue weighted by Crippen LogP contribution is -2.31. The lowest BCUT2D eigenvalue weighted by molar-refractivity contribution is -0.152. The zero-order valence-corrected chi connectivity index (χ0v) is 44.4. The van der Waals surface area contributed by atoms with Crippen LogP contribution in [0.25, 0.3) is 0 Å². The van der Waals surface area contributed by atoms with E-state index < -0.39 is 89.3 Å². The molecule has 3 aromatic carbocycles. The molecule has 2 aliphatic rings. The molecule has 0 aromatic heterocycles. The molecule has 80 heavy (non-hydrogen) atoms. The van der Waals surface area contributed by atoms with Gasteiger partial charge in [0.1, 0.15) is 55.0 Å². The van der Waals surface area contributed by atoms with Crippen molar-refractivity contribution in [2.75, 3.05) is 46.8 Å². The summed E-state index contributed by atoms with van der Waals surface area (Å²) < 4.78 is 57.0. The average Bonchev–Trinajstić information content (AvgIpc) is 3.50. The molecule has 0 spiro atoms. The standard InChI is InChI=1S/C58H64O22/c1-4-48(59)73-32-34-75-52(63)26-24-50(61)71-30-28-37-6-18-43(19-7-37)77-54(65)39-10-12-41(13-11-39)56(67)79-45-22-23-47(46(36-45)58(69)70-3)80-57(68)42-16-14-40(15-17-42)55(66)78-44-20-8-38(9-21-44)29-31-72-51(62)25-27-53(64)76-35-33-74-49(60)5-2/h4-9,18-23,36,39-42H,1-2,10-17,24-35H2,3H3. The maximum absolute atomic E-state index is 13.4. The number of carbonyl (C=O) groups is 11. The molecule has 0 atom stereocenters. The Bertz CT molecular complexity index is 2670. The van der Waals surface area contributed by atoms with Crippen LogP contribution in [0, 0.1) is 23.7 Å². The van der Waals surface area contributed by atoms with Gasteiger partial charge in [0.15, 0.2) is 0 Å². The van der Waals surface area contributed by atoms with Gasteiger partial charge in [-0.25, -0.2) is 14.4 Å². The van der Waals surface area contributed by atoms with Crippen molar-refractivity contribution in [3.63, 3.8) is 0 Å². The van der Waals surface area contributed by atoms with Gasteiger partial charge in [-0.1, -0.05) is 37.4 Å². The highest BCUT2D eigenvalue weighted by molar-refractivity contribution is 5.94. The predicted octanol–water partition coefficient (Wildman–Crippen LogP) is 6.38. The van der Waals surface area contributed by atoms with Crippen molar-refractivity contribution >= 4 is 65.7 Å². The van der Waals surface area contributed by atoms with E-state index in [-0.39, 0.29) is 82.4 Å². The summed E-state index contributed by atoms with van der Waals surface area (Å²) >= 11 is 0. The summed E-state index contributed by atoms with van der Waals surface area (Å²) in [6.45, 7) is 6.07. The molecule has 0 aliphatic heterocycles. The van der Waals surface area contributed by atoms with Crippen LogP contribution in [-0.4, -0.2) is 112 Å². The van der Waals surface area contributed by atoms with Crippen LogP contribution >= 0.6 is 0 Å². The van der Waals surface area contributed by atoms with Crippen LogP contribution in [0.3, 0.4) is 0 Å². The summed E-state index contributed by atoms with van der Waals surface area (Å²) in [4.78, 5) is 135. The first-order valence-electron chi connectivity index (χ1n) is 26.0. The van der Waals surface area contributed by atoms with Crippen molar-refractivity contribution in [3.8, 4) is 23.0 Å². The number of hydrogen-bond acceptors (Lipinski definition) is 22. The van der Waals surface area contributed by atoms with Crippen LogP contribution in [-0.2, 0) is 93.9 Å². The number of rotatable bonds is 29. The number of esters is 11. The fourth-order valence-corrected chi connectivity index (χ4v) is 8.27. The van der Waals surface area contributed by atoms with E-state index in [2.05, 4.69) is 13.2 Å². The molecule has 0 radical (unpaired) electrons. The molecule has 5 rings (SSSR count). The highest BCUT2D eigenvalue weighted by Gasteiger charge is 2.35. The zero-order chi connectivity index (χ0) is 57.8. The second-order valence-electron chi connectivity index (χ2n) is 18.3. The normalized spacial score (nSPS) is 16.4. The van der Waals surface area contributed by atoms with Crippen LogP contribution in [0.5, 0.6) is 23.0 Å². The van der Waals surface area contributed by atoms with Gasteiger partial charge in [0.05, 0.1) is 69.7 Å². The van der Waals surface area contributed by atoms with Crippen molar-refractivity contribution in [1.29, 1.82) is 0 Å². The molecule has 2 saturated carbocycles. The van der Waals surface area contributed by atoms with Gasteiger partial charge < -0.3 is 52.1 Å². The van der Waals surface area contributed by atoms with Crippen molar-refractivity contribution in [2.45, 2.75) is 89.9 Å². The van der Waals surface area contributed by atoms with Gasteiger partial charge in [-0.2, -0.15) is 0 Å². The molecule has 0 amide bonds. The van der Waals surface area contributed by atoms with Crippen molar-refractivity contribution in [3.05, 3.63) is 109 Å². The van der Waals surface area contributed by atoms with Gasteiger partial charge in [0.25, 0.3) is 0 Å². The molecule has 0 saturated heterocycles. The highest BCUT2D eigenvalue weighted by Crippen LogP contribution is 2.35. The van der Waals surface area contributed by atoms with E-state index in [1.807, 2.05) is 0 Å². The third-order valence-electron chi connectivity index (χ3n) is 12.7. The number of hydrogen-bond donors (Lipinski definition) is 0. The summed E-state index contributed by atoms with van der Waals surface area (Å²) in [5.74, 6) is -8.16. The number of benzene rings is 3. The van der Waals surface area contributed by atoms with Crippen molar-refractivity contribution < 1.29 is 105 Å².